The molecule has 0 bridgehead atoms. The van der Waals surface area contributed by atoms with Gasteiger partial charge in [0.2, 0.25) is 0 Å². The lowest BCUT2D eigenvalue weighted by Gasteiger charge is -2.21. The van der Waals surface area contributed by atoms with Crippen molar-refractivity contribution in [2.75, 3.05) is 0 Å². The highest BCUT2D eigenvalue weighted by molar-refractivity contribution is 5.92. The molecule has 198 valence electrons. The van der Waals surface area contributed by atoms with Gasteiger partial charge in [0.15, 0.2) is 5.82 Å². The molecule has 0 saturated heterocycles. The largest absolute Gasteiger partial charge is 0.258 e. The second-order valence-electron chi connectivity index (χ2n) is 11.4. The van der Waals surface area contributed by atoms with Gasteiger partial charge in [-0.1, -0.05) is 117 Å². The lowest BCUT2D eigenvalue weighted by atomic mass is 9.82. The van der Waals surface area contributed by atoms with E-state index in [0.717, 1.165) is 56.4 Å². The van der Waals surface area contributed by atoms with Crippen molar-refractivity contribution >= 4 is 0 Å². The number of nitrogens with zero attached hydrogens (tertiary/aromatic N) is 3. The normalized spacial score (nSPS) is 13.1. The van der Waals surface area contributed by atoms with Crippen LogP contribution in [0.4, 0.5) is 0 Å². The van der Waals surface area contributed by atoms with Crippen LogP contribution in [0.1, 0.15) is 36.4 Å². The van der Waals surface area contributed by atoms with Crippen molar-refractivity contribution < 1.29 is 0 Å². The molecule has 41 heavy (non-hydrogen) atoms. The van der Waals surface area contributed by atoms with Crippen molar-refractivity contribution in [1.29, 1.82) is 0 Å². The van der Waals surface area contributed by atoms with Crippen LogP contribution < -0.4 is 0 Å². The Labute approximate surface area is 241 Å². The number of benzene rings is 4. The summed E-state index contributed by atoms with van der Waals surface area (Å²) in [6.07, 6.45) is 0. The predicted molar refractivity (Wildman–Crippen MR) is 169 cm³/mol. The Morgan fingerprint density at radius 1 is 0.488 bits per heavy atom. The summed E-state index contributed by atoms with van der Waals surface area (Å²) in [6, 6.07) is 40.7. The zero-order valence-corrected chi connectivity index (χ0v) is 23.8. The molecule has 4 aromatic carbocycles. The topological polar surface area (TPSA) is 38.7 Å². The third kappa shape index (κ3) is 4.25. The van der Waals surface area contributed by atoms with E-state index in [9.17, 15) is 0 Å². The van der Waals surface area contributed by atoms with Crippen molar-refractivity contribution in [2.24, 2.45) is 0 Å². The van der Waals surface area contributed by atoms with Crippen molar-refractivity contribution in [1.82, 2.24) is 15.0 Å². The van der Waals surface area contributed by atoms with Gasteiger partial charge in [-0.05, 0) is 53.8 Å². The molecule has 0 radical (unpaired) electrons. The van der Waals surface area contributed by atoms with Crippen LogP contribution in [0.25, 0.3) is 56.2 Å². The molecule has 6 aromatic rings. The maximum atomic E-state index is 5.16. The smallest absolute Gasteiger partial charge is 0.160 e. The Morgan fingerprint density at radius 3 is 1.93 bits per heavy atom. The number of fused-ring (bicyclic) bond motifs is 3. The van der Waals surface area contributed by atoms with Gasteiger partial charge in [-0.2, -0.15) is 0 Å². The SMILES string of the molecule is Cc1ccc(-c2ccc(-c3cc(-c4cccc5c4-c4ccccc4C5(C)C)nc(-c4ccccc4)n3)cc2)c(C)n1. The van der Waals surface area contributed by atoms with Gasteiger partial charge in [-0.25, -0.2) is 9.97 Å². The molecule has 0 N–H and O–H groups in total. The van der Waals surface area contributed by atoms with Crippen LogP contribution in [-0.4, -0.2) is 15.0 Å². The van der Waals surface area contributed by atoms with E-state index in [4.69, 9.17) is 9.97 Å². The van der Waals surface area contributed by atoms with Crippen molar-refractivity contribution in [2.45, 2.75) is 33.1 Å². The van der Waals surface area contributed by atoms with Crippen LogP contribution in [0.2, 0.25) is 0 Å². The van der Waals surface area contributed by atoms with Crippen LogP contribution in [0.5, 0.6) is 0 Å². The first kappa shape index (κ1) is 25.1. The second-order valence-corrected chi connectivity index (χ2v) is 11.4. The molecule has 0 unspecified atom stereocenters. The fourth-order valence-electron chi connectivity index (χ4n) is 6.23. The Balaban J connectivity index is 1.40. The maximum Gasteiger partial charge on any atom is 0.160 e. The molecule has 0 saturated carbocycles. The maximum absolute atomic E-state index is 5.16. The van der Waals surface area contributed by atoms with E-state index in [1.807, 2.05) is 25.1 Å². The molecule has 0 aliphatic heterocycles. The number of pyridine rings is 1. The summed E-state index contributed by atoms with van der Waals surface area (Å²) in [5.41, 5.74) is 14.6. The quantitative estimate of drug-likeness (QED) is 0.228. The monoisotopic (exact) mass is 529 g/mol. The minimum Gasteiger partial charge on any atom is -0.258 e. The van der Waals surface area contributed by atoms with E-state index in [1.54, 1.807) is 0 Å². The van der Waals surface area contributed by atoms with Gasteiger partial charge in [0, 0.05) is 39.1 Å². The molecule has 0 atom stereocenters. The average molecular weight is 530 g/mol. The van der Waals surface area contributed by atoms with Crippen LogP contribution >= 0.6 is 0 Å². The van der Waals surface area contributed by atoms with Crippen molar-refractivity contribution in [3.63, 3.8) is 0 Å². The van der Waals surface area contributed by atoms with Gasteiger partial charge in [-0.15, -0.1) is 0 Å². The van der Waals surface area contributed by atoms with Gasteiger partial charge in [0.25, 0.3) is 0 Å². The first-order valence-electron chi connectivity index (χ1n) is 14.1. The molecule has 0 spiro atoms. The van der Waals surface area contributed by atoms with Crippen LogP contribution in [0.15, 0.2) is 115 Å². The zero-order chi connectivity index (χ0) is 28.1. The molecule has 7 rings (SSSR count). The standard InChI is InChI=1S/C38H31N3/c1-24-17-22-29(25(2)39-24)26-18-20-27(21-19-26)34-23-35(41-37(40-34)28-11-6-5-7-12-28)31-14-10-16-33-36(31)30-13-8-9-15-32(30)38(33,3)4/h5-23H,1-4H3. The van der Waals surface area contributed by atoms with Gasteiger partial charge in [0.1, 0.15) is 0 Å². The van der Waals surface area contributed by atoms with Crippen LogP contribution in [0.3, 0.4) is 0 Å². The number of hydrogen-bond acceptors (Lipinski definition) is 3. The van der Waals surface area contributed by atoms with Gasteiger partial charge < -0.3 is 0 Å². The van der Waals surface area contributed by atoms with Crippen molar-refractivity contribution in [3.05, 3.63) is 138 Å². The van der Waals surface area contributed by atoms with Crippen LogP contribution in [0, 0.1) is 13.8 Å². The number of aromatic nitrogens is 3. The first-order valence-corrected chi connectivity index (χ1v) is 14.1. The number of aryl methyl sites for hydroxylation is 2. The summed E-state index contributed by atoms with van der Waals surface area (Å²) in [7, 11) is 0. The number of rotatable bonds is 4. The summed E-state index contributed by atoms with van der Waals surface area (Å²) in [5, 5.41) is 0. The summed E-state index contributed by atoms with van der Waals surface area (Å²) < 4.78 is 0. The average Bonchev–Trinajstić information content (AvgIpc) is 3.24. The summed E-state index contributed by atoms with van der Waals surface area (Å²) in [4.78, 5) is 14.9. The molecule has 2 aromatic heterocycles. The van der Waals surface area contributed by atoms with Crippen molar-refractivity contribution in [3.8, 4) is 56.2 Å². The Hall–Kier alpha value is -4.89. The first-order chi connectivity index (χ1) is 19.9. The van der Waals surface area contributed by atoms with E-state index < -0.39 is 0 Å². The summed E-state index contributed by atoms with van der Waals surface area (Å²) in [5.74, 6) is 0.726. The molecule has 0 amide bonds. The second kappa shape index (κ2) is 9.64. The van der Waals surface area contributed by atoms with E-state index in [2.05, 4.69) is 123 Å². The van der Waals surface area contributed by atoms with E-state index in [1.165, 1.54) is 22.3 Å². The Morgan fingerprint density at radius 2 is 1.15 bits per heavy atom. The highest BCUT2D eigenvalue weighted by Crippen LogP contribution is 2.51. The molecule has 0 fully saturated rings. The van der Waals surface area contributed by atoms with Gasteiger partial charge in [-0.3, -0.25) is 4.98 Å². The molecular formula is C38H31N3. The number of hydrogen-bond donors (Lipinski definition) is 0. The lowest BCUT2D eigenvalue weighted by molar-refractivity contribution is 0.660. The highest BCUT2D eigenvalue weighted by atomic mass is 14.9. The minimum atomic E-state index is -0.0706. The Kier molecular flexibility index (Phi) is 5.90. The molecule has 3 heteroatoms. The third-order valence-corrected chi connectivity index (χ3v) is 8.36. The summed E-state index contributed by atoms with van der Waals surface area (Å²) in [6.45, 7) is 8.72. The third-order valence-electron chi connectivity index (χ3n) is 8.36. The lowest BCUT2D eigenvalue weighted by Crippen LogP contribution is -2.14. The fourth-order valence-corrected chi connectivity index (χ4v) is 6.23. The fraction of sp³-hybridized carbons (Fsp3) is 0.132. The summed E-state index contributed by atoms with van der Waals surface area (Å²) >= 11 is 0. The molecule has 2 heterocycles. The highest BCUT2D eigenvalue weighted by Gasteiger charge is 2.36. The zero-order valence-electron chi connectivity index (χ0n) is 23.8. The Bertz CT molecular complexity index is 1920. The molecule has 1 aliphatic rings. The van der Waals surface area contributed by atoms with E-state index in [-0.39, 0.29) is 5.41 Å². The van der Waals surface area contributed by atoms with Gasteiger partial charge in [0.05, 0.1) is 11.4 Å². The van der Waals surface area contributed by atoms with E-state index >= 15 is 0 Å². The van der Waals surface area contributed by atoms with Crippen LogP contribution in [-0.2, 0) is 5.41 Å². The predicted octanol–water partition coefficient (Wildman–Crippen LogP) is 9.46. The molecule has 3 nitrogen and oxygen atoms in total. The minimum absolute atomic E-state index is 0.0706. The molecule has 1 aliphatic carbocycles. The van der Waals surface area contributed by atoms with Gasteiger partial charge >= 0.3 is 0 Å². The molecular weight excluding hydrogens is 498 g/mol. The van der Waals surface area contributed by atoms with E-state index in [0.29, 0.717) is 0 Å².